The topological polar surface area (TPSA) is 75.7 Å². The van der Waals surface area contributed by atoms with E-state index < -0.39 is 15.9 Å². The zero-order valence-electron chi connectivity index (χ0n) is 16.8. The van der Waals surface area contributed by atoms with Gasteiger partial charge in [-0.05, 0) is 55.7 Å². The third-order valence-electron chi connectivity index (χ3n) is 5.23. The SMILES string of the molecule is COc1ccc(Cl)cc1S(=O)(=O)N1CCC[C@@H](C(=O)N[C@H](C)c2ccc(Cl)cc2)C1. The van der Waals surface area contributed by atoms with E-state index in [-0.39, 0.29) is 29.1 Å². The molecule has 2 aromatic carbocycles. The van der Waals surface area contributed by atoms with Crippen LogP contribution in [0.5, 0.6) is 5.75 Å². The first-order valence-electron chi connectivity index (χ1n) is 9.62. The van der Waals surface area contributed by atoms with Gasteiger partial charge in [-0.1, -0.05) is 35.3 Å². The van der Waals surface area contributed by atoms with Gasteiger partial charge in [-0.3, -0.25) is 4.79 Å². The van der Waals surface area contributed by atoms with Crippen LogP contribution >= 0.6 is 23.2 Å². The Hall–Kier alpha value is -1.80. The van der Waals surface area contributed by atoms with Crippen molar-refractivity contribution in [1.82, 2.24) is 9.62 Å². The number of nitrogens with zero attached hydrogens (tertiary/aromatic N) is 1. The van der Waals surface area contributed by atoms with Crippen LogP contribution in [-0.2, 0) is 14.8 Å². The van der Waals surface area contributed by atoms with E-state index in [0.717, 1.165) is 5.56 Å². The molecule has 9 heteroatoms. The van der Waals surface area contributed by atoms with Crippen molar-refractivity contribution in [3.8, 4) is 5.75 Å². The first kappa shape index (κ1) is 22.9. The molecule has 3 rings (SSSR count). The molecule has 0 bridgehead atoms. The Morgan fingerprint density at radius 2 is 1.83 bits per heavy atom. The molecule has 1 aliphatic heterocycles. The predicted molar refractivity (Wildman–Crippen MR) is 117 cm³/mol. The summed E-state index contributed by atoms with van der Waals surface area (Å²) >= 11 is 11.9. The van der Waals surface area contributed by atoms with E-state index in [2.05, 4.69) is 5.32 Å². The van der Waals surface area contributed by atoms with Gasteiger partial charge in [0.15, 0.2) is 0 Å². The largest absolute Gasteiger partial charge is 0.495 e. The van der Waals surface area contributed by atoms with Crippen molar-refractivity contribution in [1.29, 1.82) is 0 Å². The minimum absolute atomic E-state index is 0.00749. The Labute approximate surface area is 187 Å². The van der Waals surface area contributed by atoms with Gasteiger partial charge < -0.3 is 10.1 Å². The van der Waals surface area contributed by atoms with Gasteiger partial charge in [0.05, 0.1) is 19.1 Å². The number of ether oxygens (including phenoxy) is 1. The summed E-state index contributed by atoms with van der Waals surface area (Å²) in [5.74, 6) is -0.383. The highest BCUT2D eigenvalue weighted by atomic mass is 35.5. The van der Waals surface area contributed by atoms with Crippen LogP contribution in [-0.4, -0.2) is 38.8 Å². The number of carbonyl (C=O) groups is 1. The van der Waals surface area contributed by atoms with Crippen LogP contribution in [0.3, 0.4) is 0 Å². The average Bonchev–Trinajstić information content (AvgIpc) is 2.74. The number of methoxy groups -OCH3 is 1. The molecule has 30 heavy (non-hydrogen) atoms. The summed E-state index contributed by atoms with van der Waals surface area (Å²) in [5, 5.41) is 3.91. The second kappa shape index (κ2) is 9.56. The average molecular weight is 471 g/mol. The third-order valence-corrected chi connectivity index (χ3v) is 7.60. The van der Waals surface area contributed by atoms with Crippen molar-refractivity contribution in [3.05, 3.63) is 58.1 Å². The summed E-state index contributed by atoms with van der Waals surface area (Å²) in [7, 11) is -2.44. The monoisotopic (exact) mass is 470 g/mol. The lowest BCUT2D eigenvalue weighted by Gasteiger charge is -2.32. The molecule has 1 saturated heterocycles. The molecule has 1 fully saturated rings. The number of amides is 1. The minimum atomic E-state index is -3.85. The van der Waals surface area contributed by atoms with Crippen molar-refractivity contribution in [2.45, 2.75) is 30.7 Å². The summed E-state index contributed by atoms with van der Waals surface area (Å²) in [6.07, 6.45) is 1.22. The second-order valence-corrected chi connectivity index (χ2v) is 10.1. The molecule has 0 radical (unpaired) electrons. The van der Waals surface area contributed by atoms with Gasteiger partial charge in [0.2, 0.25) is 15.9 Å². The van der Waals surface area contributed by atoms with Gasteiger partial charge in [0.1, 0.15) is 10.6 Å². The summed E-state index contributed by atoms with van der Waals surface area (Å²) < 4.78 is 33.0. The van der Waals surface area contributed by atoms with Crippen molar-refractivity contribution in [3.63, 3.8) is 0 Å². The molecule has 2 atom stereocenters. The molecule has 162 valence electrons. The molecular weight excluding hydrogens is 447 g/mol. The smallest absolute Gasteiger partial charge is 0.246 e. The molecule has 2 aromatic rings. The van der Waals surface area contributed by atoms with E-state index in [9.17, 15) is 13.2 Å². The quantitative estimate of drug-likeness (QED) is 0.683. The summed E-state index contributed by atoms with van der Waals surface area (Å²) in [6, 6.07) is 11.5. The number of hydrogen-bond acceptors (Lipinski definition) is 4. The molecule has 6 nitrogen and oxygen atoms in total. The Bertz CT molecular complexity index is 1010. The Kier molecular flexibility index (Phi) is 7.29. The second-order valence-electron chi connectivity index (χ2n) is 7.28. The maximum absolute atomic E-state index is 13.2. The fourth-order valence-corrected chi connectivity index (χ4v) is 5.60. The molecule has 1 aliphatic rings. The maximum Gasteiger partial charge on any atom is 0.246 e. The number of piperidine rings is 1. The van der Waals surface area contributed by atoms with E-state index in [4.69, 9.17) is 27.9 Å². The number of nitrogens with one attached hydrogen (secondary N) is 1. The van der Waals surface area contributed by atoms with Crippen LogP contribution in [0.1, 0.15) is 31.4 Å². The first-order valence-corrected chi connectivity index (χ1v) is 11.8. The third kappa shape index (κ3) is 5.09. The predicted octanol–water partition coefficient (Wildman–Crippen LogP) is 4.28. The Morgan fingerprint density at radius 1 is 1.17 bits per heavy atom. The van der Waals surface area contributed by atoms with Crippen molar-refractivity contribution in [2.24, 2.45) is 5.92 Å². The van der Waals surface area contributed by atoms with Gasteiger partial charge in [0, 0.05) is 23.1 Å². The highest BCUT2D eigenvalue weighted by Crippen LogP contribution is 2.32. The Morgan fingerprint density at radius 3 is 2.50 bits per heavy atom. The fraction of sp³-hybridized carbons (Fsp3) is 0.381. The molecule has 1 N–H and O–H groups in total. The zero-order chi connectivity index (χ0) is 21.9. The molecule has 0 aromatic heterocycles. The number of halogens is 2. The van der Waals surface area contributed by atoms with Gasteiger partial charge in [0.25, 0.3) is 0 Å². The van der Waals surface area contributed by atoms with Gasteiger partial charge in [-0.2, -0.15) is 4.31 Å². The van der Waals surface area contributed by atoms with E-state index in [1.165, 1.54) is 23.5 Å². The first-order chi connectivity index (χ1) is 14.2. The number of sulfonamides is 1. The Balaban J connectivity index is 1.73. The van der Waals surface area contributed by atoms with E-state index in [1.807, 2.05) is 19.1 Å². The number of benzene rings is 2. The molecule has 1 heterocycles. The maximum atomic E-state index is 13.2. The van der Waals surface area contributed by atoms with Crippen LogP contribution in [0.4, 0.5) is 0 Å². The summed E-state index contributed by atoms with van der Waals surface area (Å²) in [4.78, 5) is 12.8. The van der Waals surface area contributed by atoms with Gasteiger partial charge in [-0.25, -0.2) is 8.42 Å². The van der Waals surface area contributed by atoms with E-state index in [0.29, 0.717) is 29.4 Å². The lowest BCUT2D eigenvalue weighted by molar-refractivity contribution is -0.126. The molecule has 1 amide bonds. The lowest BCUT2D eigenvalue weighted by atomic mass is 9.98. The van der Waals surface area contributed by atoms with E-state index >= 15 is 0 Å². The van der Waals surface area contributed by atoms with Crippen LogP contribution in [0.2, 0.25) is 10.0 Å². The van der Waals surface area contributed by atoms with E-state index in [1.54, 1.807) is 18.2 Å². The standard InChI is InChI=1S/C21H24Cl2N2O4S/c1-14(15-5-7-17(22)8-6-15)24-21(26)16-4-3-11-25(13-16)30(27,28)20-12-18(23)9-10-19(20)29-2/h5-10,12,14,16H,3-4,11,13H2,1-2H3,(H,24,26)/t14-,16-/m1/s1. The summed E-state index contributed by atoms with van der Waals surface area (Å²) in [5.41, 5.74) is 0.928. The number of hydrogen-bond donors (Lipinski definition) is 1. The highest BCUT2D eigenvalue weighted by Gasteiger charge is 2.35. The van der Waals surface area contributed by atoms with Crippen molar-refractivity contribution >= 4 is 39.1 Å². The van der Waals surface area contributed by atoms with Crippen molar-refractivity contribution in [2.75, 3.05) is 20.2 Å². The zero-order valence-corrected chi connectivity index (χ0v) is 19.1. The number of rotatable bonds is 6. The normalized spacial score (nSPS) is 18.6. The van der Waals surface area contributed by atoms with Crippen LogP contribution in [0.15, 0.2) is 47.4 Å². The van der Waals surface area contributed by atoms with Crippen LogP contribution < -0.4 is 10.1 Å². The molecule has 0 aliphatic carbocycles. The lowest BCUT2D eigenvalue weighted by Crippen LogP contribution is -2.45. The van der Waals surface area contributed by atoms with Crippen LogP contribution in [0.25, 0.3) is 0 Å². The molecule has 0 saturated carbocycles. The highest BCUT2D eigenvalue weighted by molar-refractivity contribution is 7.89. The summed E-state index contributed by atoms with van der Waals surface area (Å²) in [6.45, 7) is 2.33. The fourth-order valence-electron chi connectivity index (χ4n) is 3.53. The minimum Gasteiger partial charge on any atom is -0.495 e. The van der Waals surface area contributed by atoms with Crippen LogP contribution in [0, 0.1) is 5.92 Å². The van der Waals surface area contributed by atoms with Crippen molar-refractivity contribution < 1.29 is 17.9 Å². The number of carbonyl (C=O) groups excluding carboxylic acids is 1. The molecule has 0 unspecified atom stereocenters. The van der Waals surface area contributed by atoms with Gasteiger partial charge >= 0.3 is 0 Å². The van der Waals surface area contributed by atoms with Gasteiger partial charge in [-0.15, -0.1) is 0 Å². The molecular formula is C21H24Cl2N2O4S. The molecule has 0 spiro atoms.